The summed E-state index contributed by atoms with van der Waals surface area (Å²) in [6, 6.07) is 6.05. The number of hydrogen-bond acceptors (Lipinski definition) is 7. The van der Waals surface area contributed by atoms with Crippen molar-refractivity contribution in [3.05, 3.63) is 40.2 Å². The minimum absolute atomic E-state index is 0.337. The second-order valence-corrected chi connectivity index (χ2v) is 5.75. The zero-order valence-electron chi connectivity index (χ0n) is 15.5. The first-order valence-corrected chi connectivity index (χ1v) is 8.26. The molecule has 0 radical (unpaired) electrons. The third-order valence-electron chi connectivity index (χ3n) is 3.26. The Morgan fingerprint density at radius 3 is 2.30 bits per heavy atom. The molecule has 0 aliphatic rings. The van der Waals surface area contributed by atoms with E-state index in [1.54, 1.807) is 12.1 Å². The molecule has 9 heteroatoms. The monoisotopic (exact) mass is 381 g/mol. The molecular formula is C18H27N3O6. The number of anilines is 1. The smallest absolute Gasteiger partial charge is 0.336 e. The van der Waals surface area contributed by atoms with Crippen LogP contribution in [0.5, 0.6) is 0 Å². The van der Waals surface area contributed by atoms with Gasteiger partial charge in [-0.2, -0.15) is 0 Å². The number of carboxylic acid groups (broad SMARTS) is 2. The number of carbonyl (C=O) groups is 2. The number of unbranched alkanes of at least 4 members (excludes halogenated alkanes) is 1. The third kappa shape index (κ3) is 10.6. The lowest BCUT2D eigenvalue weighted by atomic mass is 10.1. The van der Waals surface area contributed by atoms with Gasteiger partial charge in [0.25, 0.3) is 5.97 Å². The van der Waals surface area contributed by atoms with E-state index in [0.717, 1.165) is 30.7 Å². The molecule has 27 heavy (non-hydrogen) atoms. The largest absolute Gasteiger partial charge is 0.481 e. The van der Waals surface area contributed by atoms with Gasteiger partial charge in [-0.3, -0.25) is 9.59 Å². The van der Waals surface area contributed by atoms with E-state index in [9.17, 15) is 9.59 Å². The molecule has 1 atom stereocenters. The predicted molar refractivity (Wildman–Crippen MR) is 103 cm³/mol. The molecule has 0 saturated heterocycles. The Labute approximate surface area is 156 Å². The lowest BCUT2D eigenvalue weighted by Crippen LogP contribution is -2.29. The fourth-order valence-corrected chi connectivity index (χ4v) is 1.97. The van der Waals surface area contributed by atoms with E-state index < -0.39 is 18.0 Å². The summed E-state index contributed by atoms with van der Waals surface area (Å²) in [5.41, 5.74) is 17.7. The normalized spacial score (nSPS) is 10.8. The van der Waals surface area contributed by atoms with Crippen molar-refractivity contribution in [2.24, 2.45) is 11.5 Å². The minimum Gasteiger partial charge on any atom is -0.481 e. The molecule has 1 aromatic carbocycles. The van der Waals surface area contributed by atoms with E-state index in [-0.39, 0.29) is 5.63 Å². The van der Waals surface area contributed by atoms with E-state index in [1.807, 2.05) is 13.0 Å². The van der Waals surface area contributed by atoms with E-state index in [4.69, 9.17) is 36.6 Å². The van der Waals surface area contributed by atoms with Crippen molar-refractivity contribution in [2.75, 3.05) is 12.3 Å². The molecule has 0 unspecified atom stereocenters. The van der Waals surface area contributed by atoms with Gasteiger partial charge in [0.05, 0.1) is 0 Å². The fraction of sp³-hybridized carbons (Fsp3) is 0.389. The molecule has 1 heterocycles. The first kappa shape index (κ1) is 24.1. The molecule has 9 nitrogen and oxygen atoms in total. The van der Waals surface area contributed by atoms with Gasteiger partial charge in [-0.1, -0.05) is 6.42 Å². The lowest BCUT2D eigenvalue weighted by molar-refractivity contribution is -0.138. The Kier molecular flexibility index (Phi) is 11.1. The summed E-state index contributed by atoms with van der Waals surface area (Å²) < 4.78 is 4.99. The van der Waals surface area contributed by atoms with Gasteiger partial charge in [-0.25, -0.2) is 4.79 Å². The Morgan fingerprint density at radius 2 is 1.78 bits per heavy atom. The van der Waals surface area contributed by atoms with Crippen molar-refractivity contribution in [2.45, 2.75) is 39.2 Å². The number of aryl methyl sites for hydroxylation is 1. The maximum atomic E-state index is 11.0. The topological polar surface area (TPSA) is 183 Å². The van der Waals surface area contributed by atoms with Crippen LogP contribution in [0, 0.1) is 6.92 Å². The number of rotatable bonds is 5. The first-order chi connectivity index (χ1) is 12.6. The highest BCUT2D eigenvalue weighted by atomic mass is 16.4. The van der Waals surface area contributed by atoms with Crippen molar-refractivity contribution in [3.8, 4) is 0 Å². The predicted octanol–water partition coefficient (Wildman–Crippen LogP) is 1.30. The summed E-state index contributed by atoms with van der Waals surface area (Å²) in [4.78, 5) is 30.1. The Balaban J connectivity index is 0.000000432. The van der Waals surface area contributed by atoms with Crippen LogP contribution in [0.15, 0.2) is 33.5 Å². The van der Waals surface area contributed by atoms with Crippen LogP contribution in [0.3, 0.4) is 0 Å². The van der Waals surface area contributed by atoms with Gasteiger partial charge >= 0.3 is 11.6 Å². The number of carboxylic acids is 2. The fourth-order valence-electron chi connectivity index (χ4n) is 1.97. The maximum Gasteiger partial charge on any atom is 0.336 e. The summed E-state index contributed by atoms with van der Waals surface area (Å²) in [5, 5.41) is 16.7. The minimum atomic E-state index is -0.933. The van der Waals surface area contributed by atoms with Gasteiger partial charge in [0, 0.05) is 30.1 Å². The Morgan fingerprint density at radius 1 is 1.19 bits per heavy atom. The number of aliphatic carboxylic acids is 2. The molecule has 0 saturated carbocycles. The quantitative estimate of drug-likeness (QED) is 0.289. The van der Waals surface area contributed by atoms with Gasteiger partial charge in [0.1, 0.15) is 11.6 Å². The first-order valence-electron chi connectivity index (χ1n) is 8.26. The van der Waals surface area contributed by atoms with Crippen LogP contribution in [0.25, 0.3) is 11.0 Å². The van der Waals surface area contributed by atoms with Crippen LogP contribution < -0.4 is 22.8 Å². The van der Waals surface area contributed by atoms with Crippen molar-refractivity contribution < 1.29 is 24.2 Å². The molecule has 0 fully saturated rings. The van der Waals surface area contributed by atoms with E-state index >= 15 is 0 Å². The molecule has 1 aromatic heterocycles. The molecule has 0 bridgehead atoms. The molecule has 0 spiro atoms. The Hall–Kier alpha value is -2.91. The number of benzene rings is 1. The second-order valence-electron chi connectivity index (χ2n) is 5.75. The van der Waals surface area contributed by atoms with Crippen molar-refractivity contribution in [1.29, 1.82) is 0 Å². The number of fused-ring (bicyclic) bond motifs is 1. The summed E-state index contributed by atoms with van der Waals surface area (Å²) in [5.74, 6) is -1.77. The highest BCUT2D eigenvalue weighted by Gasteiger charge is 2.09. The van der Waals surface area contributed by atoms with Crippen LogP contribution in [0.2, 0.25) is 0 Å². The number of nitrogens with two attached hydrogens (primary N) is 3. The van der Waals surface area contributed by atoms with E-state index in [0.29, 0.717) is 24.2 Å². The van der Waals surface area contributed by atoms with Gasteiger partial charge in [0.2, 0.25) is 0 Å². The Bertz CT molecular complexity index is 799. The third-order valence-corrected chi connectivity index (χ3v) is 3.26. The molecular weight excluding hydrogens is 354 g/mol. The van der Waals surface area contributed by atoms with E-state index in [1.165, 1.54) is 6.07 Å². The van der Waals surface area contributed by atoms with Crippen LogP contribution >= 0.6 is 0 Å². The average molecular weight is 381 g/mol. The number of nitrogen functional groups attached to an aromatic ring is 1. The molecule has 2 aromatic rings. The van der Waals surface area contributed by atoms with Crippen LogP contribution in [0.4, 0.5) is 5.69 Å². The summed E-state index contributed by atoms with van der Waals surface area (Å²) in [7, 11) is 0. The summed E-state index contributed by atoms with van der Waals surface area (Å²) >= 11 is 0. The molecule has 8 N–H and O–H groups in total. The van der Waals surface area contributed by atoms with Crippen LogP contribution in [-0.2, 0) is 9.59 Å². The SMILES string of the molecule is CC(=O)O.Cc1cc(=O)oc2cc(N)ccc12.NCCCC[C@H](N)C(=O)O. The summed E-state index contributed by atoms with van der Waals surface area (Å²) in [6.45, 7) is 3.56. The molecule has 0 amide bonds. The molecule has 0 aliphatic carbocycles. The zero-order chi connectivity index (χ0) is 21.0. The van der Waals surface area contributed by atoms with Crippen molar-refractivity contribution in [3.63, 3.8) is 0 Å². The van der Waals surface area contributed by atoms with Gasteiger partial charge in [-0.15, -0.1) is 0 Å². The number of hydrogen-bond donors (Lipinski definition) is 5. The van der Waals surface area contributed by atoms with Crippen molar-refractivity contribution in [1.82, 2.24) is 0 Å². The highest BCUT2D eigenvalue weighted by molar-refractivity contribution is 5.82. The molecule has 2 rings (SSSR count). The highest BCUT2D eigenvalue weighted by Crippen LogP contribution is 2.18. The zero-order valence-corrected chi connectivity index (χ0v) is 15.5. The molecule has 150 valence electrons. The van der Waals surface area contributed by atoms with Gasteiger partial charge < -0.3 is 31.8 Å². The average Bonchev–Trinajstić information content (AvgIpc) is 2.54. The second kappa shape index (κ2) is 12.4. The van der Waals surface area contributed by atoms with Crippen molar-refractivity contribution >= 4 is 28.6 Å². The summed E-state index contributed by atoms with van der Waals surface area (Å²) in [6.07, 6.45) is 2.16. The van der Waals surface area contributed by atoms with Crippen LogP contribution in [-0.4, -0.2) is 34.7 Å². The lowest BCUT2D eigenvalue weighted by Gasteiger charge is -2.03. The maximum absolute atomic E-state index is 11.0. The van der Waals surface area contributed by atoms with Crippen LogP contribution in [0.1, 0.15) is 31.7 Å². The standard InChI is InChI=1S/C10H9NO2.C6H14N2O2.C2H4O2/c1-6-4-10(12)13-9-5-7(11)2-3-8(6)9;7-4-2-1-3-5(8)6(9)10;1-2(3)4/h2-5H,11H2,1H3;5H,1-4,7-8H2,(H,9,10);1H3,(H,3,4)/t;5-;/m.0./s1. The molecule has 0 aliphatic heterocycles. The van der Waals surface area contributed by atoms with Gasteiger partial charge in [-0.05, 0) is 44.0 Å². The van der Waals surface area contributed by atoms with Gasteiger partial charge in [0.15, 0.2) is 0 Å². The van der Waals surface area contributed by atoms with E-state index in [2.05, 4.69) is 0 Å².